The highest BCUT2D eigenvalue weighted by atomic mass is 16.2. The van der Waals surface area contributed by atoms with Crippen LogP contribution in [0.15, 0.2) is 11.0 Å². The average molecular weight is 238 g/mol. The van der Waals surface area contributed by atoms with E-state index in [1.165, 1.54) is 23.8 Å². The maximum Gasteiger partial charge on any atom is 0.332 e. The number of hydrogen-bond acceptors (Lipinski definition) is 2. The Labute approximate surface area is 102 Å². The van der Waals surface area contributed by atoms with Gasteiger partial charge in [0.1, 0.15) is 0 Å². The first-order valence-corrected chi connectivity index (χ1v) is 6.52. The number of aromatic nitrogens is 2. The molecule has 1 N–H and O–H groups in total. The summed E-state index contributed by atoms with van der Waals surface area (Å²) in [6.45, 7) is 4.10. The molecule has 4 nitrogen and oxygen atoms in total. The highest BCUT2D eigenvalue weighted by molar-refractivity contribution is 5.78. The van der Waals surface area contributed by atoms with Gasteiger partial charge >= 0.3 is 5.69 Å². The molecule has 0 unspecified atom stereocenters. The van der Waals surface area contributed by atoms with Gasteiger partial charge in [-0.2, -0.15) is 0 Å². The molecule has 0 saturated heterocycles. The van der Waals surface area contributed by atoms with Crippen LogP contribution in [0.1, 0.15) is 62.9 Å². The van der Waals surface area contributed by atoms with E-state index in [4.69, 9.17) is 0 Å². The summed E-state index contributed by atoms with van der Waals surface area (Å²) in [7, 11) is 0. The zero-order valence-electron chi connectivity index (χ0n) is 10.8. The van der Waals surface area contributed by atoms with Crippen molar-refractivity contribution in [1.82, 2.24) is 9.55 Å². The van der Waals surface area contributed by atoms with Crippen LogP contribution in [0.3, 0.4) is 0 Å². The molecule has 0 spiro atoms. The molecule has 0 amide bonds. The standard InChI is InChI=1S/C13H22N2O2/c1-3-5-6-7-9-11-10-15(13(17)14-11)12(16)8-4-2/h10H,3-9H2,1-2H3,(H,14,17). The van der Waals surface area contributed by atoms with E-state index in [0.717, 1.165) is 25.0 Å². The molecule has 1 heterocycles. The monoisotopic (exact) mass is 238 g/mol. The minimum atomic E-state index is -0.297. The summed E-state index contributed by atoms with van der Waals surface area (Å²) < 4.78 is 1.21. The molecule has 1 rings (SSSR count). The molecule has 0 aliphatic rings. The lowest BCUT2D eigenvalue weighted by Crippen LogP contribution is -2.23. The van der Waals surface area contributed by atoms with Crippen molar-refractivity contribution in [2.24, 2.45) is 0 Å². The molecule has 0 aliphatic heterocycles. The fraction of sp³-hybridized carbons (Fsp3) is 0.692. The first-order valence-electron chi connectivity index (χ1n) is 6.52. The summed E-state index contributed by atoms with van der Waals surface area (Å²) in [5.74, 6) is -0.117. The van der Waals surface area contributed by atoms with E-state index in [9.17, 15) is 9.59 Å². The van der Waals surface area contributed by atoms with Crippen molar-refractivity contribution in [2.45, 2.75) is 58.8 Å². The summed E-state index contributed by atoms with van der Waals surface area (Å²) in [4.78, 5) is 25.9. The zero-order chi connectivity index (χ0) is 12.7. The normalized spacial score (nSPS) is 10.7. The molecule has 0 aromatic carbocycles. The molecule has 1 aromatic heterocycles. The van der Waals surface area contributed by atoms with Gasteiger partial charge in [-0.3, -0.25) is 4.79 Å². The number of rotatable bonds is 7. The van der Waals surface area contributed by atoms with Crippen LogP contribution in [0.4, 0.5) is 0 Å². The molecular formula is C13H22N2O2. The largest absolute Gasteiger partial charge is 0.332 e. The summed E-state index contributed by atoms with van der Waals surface area (Å²) in [5, 5.41) is 0. The zero-order valence-corrected chi connectivity index (χ0v) is 10.8. The number of unbranched alkanes of at least 4 members (excludes halogenated alkanes) is 3. The molecule has 0 aliphatic carbocycles. The molecule has 0 bridgehead atoms. The van der Waals surface area contributed by atoms with Crippen LogP contribution in [0.25, 0.3) is 0 Å². The molecule has 0 fully saturated rings. The molecule has 0 saturated carbocycles. The van der Waals surface area contributed by atoms with Crippen molar-refractivity contribution in [3.05, 3.63) is 22.4 Å². The van der Waals surface area contributed by atoms with E-state index in [2.05, 4.69) is 11.9 Å². The van der Waals surface area contributed by atoms with Gasteiger partial charge in [-0.25, -0.2) is 9.36 Å². The molecule has 0 radical (unpaired) electrons. The van der Waals surface area contributed by atoms with E-state index in [1.807, 2.05) is 6.92 Å². The highest BCUT2D eigenvalue weighted by Crippen LogP contribution is 2.05. The molecule has 17 heavy (non-hydrogen) atoms. The first kappa shape index (κ1) is 13.7. The van der Waals surface area contributed by atoms with E-state index in [1.54, 1.807) is 6.20 Å². The Kier molecular flexibility index (Phi) is 5.73. The average Bonchev–Trinajstić information content (AvgIpc) is 2.66. The maximum absolute atomic E-state index is 11.6. The van der Waals surface area contributed by atoms with Gasteiger partial charge in [-0.1, -0.05) is 33.1 Å². The van der Waals surface area contributed by atoms with Crippen LogP contribution in [0.2, 0.25) is 0 Å². The lowest BCUT2D eigenvalue weighted by molar-refractivity contribution is 0.0898. The van der Waals surface area contributed by atoms with Gasteiger partial charge in [0.15, 0.2) is 0 Å². The molecule has 1 aromatic rings. The van der Waals surface area contributed by atoms with Gasteiger partial charge in [0.25, 0.3) is 0 Å². The van der Waals surface area contributed by atoms with E-state index in [-0.39, 0.29) is 11.6 Å². The first-order chi connectivity index (χ1) is 8.19. The lowest BCUT2D eigenvalue weighted by Gasteiger charge is -1.97. The Hall–Kier alpha value is -1.32. The summed E-state index contributed by atoms with van der Waals surface area (Å²) in [5.41, 5.74) is 0.574. The van der Waals surface area contributed by atoms with Gasteiger partial charge in [0, 0.05) is 18.3 Å². The van der Waals surface area contributed by atoms with Crippen LogP contribution in [-0.4, -0.2) is 15.5 Å². The molecular weight excluding hydrogens is 216 g/mol. The van der Waals surface area contributed by atoms with Gasteiger partial charge < -0.3 is 4.98 Å². The number of aromatic amines is 1. The van der Waals surface area contributed by atoms with E-state index >= 15 is 0 Å². The second-order valence-corrected chi connectivity index (χ2v) is 4.41. The third kappa shape index (κ3) is 4.21. The van der Waals surface area contributed by atoms with E-state index in [0.29, 0.717) is 6.42 Å². The topological polar surface area (TPSA) is 54.9 Å². The number of carbonyl (C=O) groups excluding carboxylic acids is 1. The van der Waals surface area contributed by atoms with Gasteiger partial charge in [-0.15, -0.1) is 0 Å². The van der Waals surface area contributed by atoms with Crippen LogP contribution in [-0.2, 0) is 6.42 Å². The number of carbonyl (C=O) groups is 1. The second kappa shape index (κ2) is 7.09. The predicted molar refractivity (Wildman–Crippen MR) is 68.4 cm³/mol. The number of nitrogens with one attached hydrogen (secondary N) is 1. The van der Waals surface area contributed by atoms with Crippen molar-refractivity contribution in [1.29, 1.82) is 0 Å². The smallest absolute Gasteiger partial charge is 0.309 e. The second-order valence-electron chi connectivity index (χ2n) is 4.41. The van der Waals surface area contributed by atoms with E-state index < -0.39 is 0 Å². The fourth-order valence-electron chi connectivity index (χ4n) is 1.83. The third-order valence-corrected chi connectivity index (χ3v) is 2.80. The number of hydrogen-bond donors (Lipinski definition) is 1. The number of aryl methyl sites for hydroxylation is 1. The van der Waals surface area contributed by atoms with Crippen LogP contribution < -0.4 is 5.69 Å². The Morgan fingerprint density at radius 3 is 2.65 bits per heavy atom. The third-order valence-electron chi connectivity index (χ3n) is 2.80. The highest BCUT2D eigenvalue weighted by Gasteiger charge is 2.09. The Balaban J connectivity index is 2.56. The van der Waals surface area contributed by atoms with Crippen LogP contribution in [0, 0.1) is 0 Å². The Morgan fingerprint density at radius 2 is 2.00 bits per heavy atom. The molecule has 0 atom stereocenters. The van der Waals surface area contributed by atoms with Crippen molar-refractivity contribution < 1.29 is 4.79 Å². The molecule has 96 valence electrons. The Morgan fingerprint density at radius 1 is 1.24 bits per heavy atom. The predicted octanol–water partition coefficient (Wildman–Crippen LogP) is 2.74. The lowest BCUT2D eigenvalue weighted by atomic mass is 10.1. The fourth-order valence-corrected chi connectivity index (χ4v) is 1.83. The Bertz CT molecular complexity index is 404. The number of H-pyrrole nitrogens is 1. The van der Waals surface area contributed by atoms with Crippen molar-refractivity contribution in [3.8, 4) is 0 Å². The molecule has 4 heteroatoms. The maximum atomic E-state index is 11.6. The quantitative estimate of drug-likeness (QED) is 0.742. The summed E-state index contributed by atoms with van der Waals surface area (Å²) >= 11 is 0. The van der Waals surface area contributed by atoms with Gasteiger partial charge in [0.05, 0.1) is 0 Å². The van der Waals surface area contributed by atoms with Gasteiger partial charge in [-0.05, 0) is 19.3 Å². The summed E-state index contributed by atoms with van der Waals surface area (Å²) in [6.07, 6.45) is 8.36. The summed E-state index contributed by atoms with van der Waals surface area (Å²) in [6, 6.07) is 0. The van der Waals surface area contributed by atoms with Crippen molar-refractivity contribution >= 4 is 5.91 Å². The minimum absolute atomic E-state index is 0.117. The SMILES string of the molecule is CCCCCCc1cn(C(=O)CCC)c(=O)[nH]1. The minimum Gasteiger partial charge on any atom is -0.309 e. The van der Waals surface area contributed by atoms with Crippen LogP contribution >= 0.6 is 0 Å². The number of imidazole rings is 1. The van der Waals surface area contributed by atoms with Crippen LogP contribution in [0.5, 0.6) is 0 Å². The van der Waals surface area contributed by atoms with Crippen molar-refractivity contribution in [3.63, 3.8) is 0 Å². The van der Waals surface area contributed by atoms with Gasteiger partial charge in [0.2, 0.25) is 5.91 Å². The number of nitrogens with zero attached hydrogens (tertiary/aromatic N) is 1. The van der Waals surface area contributed by atoms with Crippen molar-refractivity contribution in [2.75, 3.05) is 0 Å².